The lowest BCUT2D eigenvalue weighted by Gasteiger charge is -2.39. The van der Waals surface area contributed by atoms with Crippen LogP contribution in [0, 0.1) is 0 Å². The Morgan fingerprint density at radius 3 is 2.70 bits per heavy atom. The molecular weight excluding hydrogens is 437 g/mol. The van der Waals surface area contributed by atoms with E-state index in [9.17, 15) is 18.0 Å². The van der Waals surface area contributed by atoms with Gasteiger partial charge in [0.05, 0.1) is 40.4 Å². The fourth-order valence-electron chi connectivity index (χ4n) is 4.05. The highest BCUT2D eigenvalue weighted by Gasteiger charge is 2.38. The Labute approximate surface area is 186 Å². The maximum atomic E-state index is 13.7. The first-order valence-corrected chi connectivity index (χ1v) is 10.2. The maximum Gasteiger partial charge on any atom is 0.418 e. The average Bonchev–Trinajstić information content (AvgIpc) is 3.38. The minimum atomic E-state index is -4.51. The predicted molar refractivity (Wildman–Crippen MR) is 115 cm³/mol. The molecular formula is C22H19F3N6O2. The van der Waals surface area contributed by atoms with E-state index in [0.717, 1.165) is 6.07 Å². The van der Waals surface area contributed by atoms with E-state index >= 15 is 0 Å². The van der Waals surface area contributed by atoms with E-state index in [4.69, 9.17) is 4.74 Å². The standard InChI is InChI=1S/C22H19F3N6O2/c1-14-27-28-21(33-14)16-7-9-30(18-6-3-2-5-17(18)22(23,24)25)19-11-26-31(20(16)19)15-12-29(13-15)8-4-10-32/h2-11,15,28H,12-13H2,1H3. The molecule has 0 bridgehead atoms. The number of carbonyl (C=O) groups is 1. The van der Waals surface area contributed by atoms with Gasteiger partial charge in [0.2, 0.25) is 11.8 Å². The molecule has 0 saturated carbocycles. The van der Waals surface area contributed by atoms with Crippen LogP contribution in [0.3, 0.4) is 0 Å². The normalized spacial score (nSPS) is 20.4. The lowest BCUT2D eigenvalue weighted by Crippen LogP contribution is -2.45. The van der Waals surface area contributed by atoms with Gasteiger partial charge in [-0.1, -0.05) is 12.1 Å². The number of nitrogens with zero attached hydrogens (tertiary/aromatic N) is 5. The number of aromatic nitrogens is 2. The number of hydrogen-bond donors (Lipinski definition) is 1. The van der Waals surface area contributed by atoms with Gasteiger partial charge in [-0.2, -0.15) is 18.3 Å². The largest absolute Gasteiger partial charge is 0.423 e. The molecule has 1 N–H and O–H groups in total. The number of anilines is 2. The Morgan fingerprint density at radius 1 is 1.21 bits per heavy atom. The summed E-state index contributed by atoms with van der Waals surface area (Å²) in [6, 6.07) is 5.39. The van der Waals surface area contributed by atoms with Crippen LogP contribution in [0.2, 0.25) is 0 Å². The number of benzene rings is 1. The third-order valence-electron chi connectivity index (χ3n) is 5.57. The highest BCUT2D eigenvalue weighted by Crippen LogP contribution is 2.45. The van der Waals surface area contributed by atoms with Crippen LogP contribution in [-0.4, -0.2) is 40.0 Å². The lowest BCUT2D eigenvalue weighted by molar-refractivity contribution is -0.137. The number of aldehydes is 1. The van der Waals surface area contributed by atoms with Crippen LogP contribution >= 0.6 is 0 Å². The first kappa shape index (κ1) is 20.9. The van der Waals surface area contributed by atoms with Crippen LogP contribution in [0.1, 0.15) is 24.2 Å². The number of allylic oxidation sites excluding steroid dienone is 3. The molecule has 4 heterocycles. The lowest BCUT2D eigenvalue weighted by atomic mass is 10.0. The molecule has 0 amide bonds. The molecule has 8 nitrogen and oxygen atoms in total. The number of alkyl halides is 3. The van der Waals surface area contributed by atoms with E-state index in [1.807, 2.05) is 4.90 Å². The number of para-hydroxylation sites is 1. The van der Waals surface area contributed by atoms with Gasteiger partial charge < -0.3 is 14.5 Å². The third kappa shape index (κ3) is 3.65. The predicted octanol–water partition coefficient (Wildman–Crippen LogP) is 3.76. The van der Waals surface area contributed by atoms with Gasteiger partial charge in [-0.15, -0.1) is 5.10 Å². The second kappa shape index (κ2) is 7.84. The third-order valence-corrected chi connectivity index (χ3v) is 5.57. The van der Waals surface area contributed by atoms with Crippen molar-refractivity contribution < 1.29 is 22.7 Å². The van der Waals surface area contributed by atoms with Crippen LogP contribution in [0.4, 0.5) is 24.5 Å². The van der Waals surface area contributed by atoms with Crippen molar-refractivity contribution in [1.29, 1.82) is 0 Å². The summed E-state index contributed by atoms with van der Waals surface area (Å²) in [5.41, 5.74) is 3.83. The van der Waals surface area contributed by atoms with E-state index in [-0.39, 0.29) is 11.7 Å². The summed E-state index contributed by atoms with van der Waals surface area (Å²) in [4.78, 5) is 14.0. The molecule has 0 atom stereocenters. The van der Waals surface area contributed by atoms with Crippen LogP contribution in [0.25, 0.3) is 5.57 Å². The fraction of sp³-hybridized carbons (Fsp3) is 0.227. The number of halogens is 3. The van der Waals surface area contributed by atoms with Crippen molar-refractivity contribution in [2.24, 2.45) is 5.10 Å². The van der Waals surface area contributed by atoms with Crippen LogP contribution in [-0.2, 0) is 15.7 Å². The summed E-state index contributed by atoms with van der Waals surface area (Å²) in [5, 5.41) is 8.56. The minimum absolute atomic E-state index is 0.00276. The van der Waals surface area contributed by atoms with Gasteiger partial charge in [-0.05, 0) is 24.3 Å². The molecule has 0 spiro atoms. The molecule has 0 radical (unpaired) electrons. The van der Waals surface area contributed by atoms with E-state index in [0.29, 0.717) is 48.1 Å². The van der Waals surface area contributed by atoms with Crippen molar-refractivity contribution in [2.45, 2.75) is 19.1 Å². The van der Waals surface area contributed by atoms with Gasteiger partial charge in [0.1, 0.15) is 6.29 Å². The summed E-state index contributed by atoms with van der Waals surface area (Å²) >= 11 is 0. The average molecular weight is 456 g/mol. The van der Waals surface area contributed by atoms with Crippen LogP contribution in [0.15, 0.2) is 66.0 Å². The van der Waals surface area contributed by atoms with Crippen LogP contribution < -0.4 is 10.3 Å². The number of hydrazone groups is 1. The Bertz CT molecular complexity index is 1220. The second-order valence-corrected chi connectivity index (χ2v) is 7.70. The summed E-state index contributed by atoms with van der Waals surface area (Å²) in [6.07, 6.45) is 4.12. The first-order valence-electron chi connectivity index (χ1n) is 10.2. The zero-order chi connectivity index (χ0) is 23.2. The van der Waals surface area contributed by atoms with Gasteiger partial charge in [0.15, 0.2) is 0 Å². The molecule has 3 aliphatic rings. The molecule has 5 rings (SSSR count). The Hall–Kier alpha value is -4.02. The summed E-state index contributed by atoms with van der Waals surface area (Å²) in [5.74, 6) is 0.810. The van der Waals surface area contributed by atoms with Crippen molar-refractivity contribution >= 4 is 29.1 Å². The highest BCUT2D eigenvalue weighted by molar-refractivity contribution is 5.90. The highest BCUT2D eigenvalue weighted by atomic mass is 19.4. The molecule has 0 aliphatic carbocycles. The van der Waals surface area contributed by atoms with Gasteiger partial charge in [-0.3, -0.25) is 9.48 Å². The van der Waals surface area contributed by atoms with Gasteiger partial charge >= 0.3 is 6.18 Å². The number of hydrogen-bond acceptors (Lipinski definition) is 7. The molecule has 0 unspecified atom stereocenters. The number of rotatable bonds is 4. The summed E-state index contributed by atoms with van der Waals surface area (Å²) < 4.78 is 48.6. The second-order valence-electron chi connectivity index (χ2n) is 7.70. The zero-order valence-electron chi connectivity index (χ0n) is 17.5. The summed E-state index contributed by atoms with van der Waals surface area (Å²) in [6.45, 7) is 2.90. The molecule has 1 fully saturated rings. The Kier molecular flexibility index (Phi) is 4.95. The smallest absolute Gasteiger partial charge is 0.418 e. The van der Waals surface area contributed by atoms with E-state index in [1.54, 1.807) is 42.3 Å². The molecule has 1 saturated heterocycles. The van der Waals surface area contributed by atoms with Gasteiger partial charge in [0, 0.05) is 32.4 Å². The molecule has 1 aromatic carbocycles. The number of ether oxygens (including phenoxy) is 1. The Morgan fingerprint density at radius 2 is 2.00 bits per heavy atom. The summed E-state index contributed by atoms with van der Waals surface area (Å²) in [7, 11) is 0. The fourth-order valence-corrected chi connectivity index (χ4v) is 4.05. The van der Waals surface area contributed by atoms with Crippen molar-refractivity contribution in [3.05, 3.63) is 72.2 Å². The van der Waals surface area contributed by atoms with E-state index < -0.39 is 11.7 Å². The topological polar surface area (TPSA) is 75.0 Å². The number of fused-ring (bicyclic) bond motifs is 1. The van der Waals surface area contributed by atoms with Gasteiger partial charge in [-0.25, -0.2) is 5.43 Å². The van der Waals surface area contributed by atoms with E-state index in [1.165, 1.54) is 23.1 Å². The van der Waals surface area contributed by atoms with E-state index in [2.05, 4.69) is 15.6 Å². The zero-order valence-corrected chi connectivity index (χ0v) is 17.5. The SMILES string of the molecule is CC1=NNC(=C2C=CN(c3ccccc3C(F)(F)F)c3cnn(C4CN(C=CC=O)C4)c32)O1. The van der Waals surface area contributed by atoms with Crippen molar-refractivity contribution in [2.75, 3.05) is 18.0 Å². The molecule has 3 aliphatic heterocycles. The maximum absolute atomic E-state index is 13.7. The monoisotopic (exact) mass is 456 g/mol. The van der Waals surface area contributed by atoms with Crippen molar-refractivity contribution in [3.8, 4) is 0 Å². The van der Waals surface area contributed by atoms with Crippen LogP contribution in [0.5, 0.6) is 0 Å². The number of nitrogens with one attached hydrogen (secondary N) is 1. The quantitative estimate of drug-likeness (QED) is 0.558. The molecule has 11 heteroatoms. The Balaban J connectivity index is 1.59. The van der Waals surface area contributed by atoms with Gasteiger partial charge in [0.25, 0.3) is 0 Å². The number of carbonyl (C=O) groups excluding carboxylic acids is 1. The minimum Gasteiger partial charge on any atom is -0.423 e. The first-order chi connectivity index (χ1) is 15.9. The van der Waals surface area contributed by atoms with Crippen molar-refractivity contribution in [3.63, 3.8) is 0 Å². The molecule has 170 valence electrons. The molecule has 1 aromatic heterocycles. The molecule has 33 heavy (non-hydrogen) atoms. The molecule has 2 aromatic rings. The number of likely N-dealkylation sites (tertiary alicyclic amines) is 1. The van der Waals surface area contributed by atoms with Crippen molar-refractivity contribution in [1.82, 2.24) is 20.1 Å².